The van der Waals surface area contributed by atoms with Crippen molar-refractivity contribution in [1.82, 2.24) is 16.0 Å². The summed E-state index contributed by atoms with van der Waals surface area (Å²) in [7, 11) is 0. The van der Waals surface area contributed by atoms with E-state index in [0.29, 0.717) is 12.7 Å². The summed E-state index contributed by atoms with van der Waals surface area (Å²) in [4.78, 5) is 68.8. The van der Waals surface area contributed by atoms with Crippen molar-refractivity contribution in [3.05, 3.63) is 0 Å². The lowest BCUT2D eigenvalue weighted by molar-refractivity contribution is -0.141. The molecule has 0 fully saturated rings. The quantitative estimate of drug-likeness (QED) is 0.245. The molecule has 0 saturated carbocycles. The van der Waals surface area contributed by atoms with Gasteiger partial charge in [0.05, 0.1) is 12.5 Å². The van der Waals surface area contributed by atoms with E-state index in [0.717, 1.165) is 6.92 Å². The average Bonchev–Trinajstić information content (AvgIpc) is 2.55. The third-order valence-corrected chi connectivity index (χ3v) is 3.57. The highest BCUT2D eigenvalue weighted by Gasteiger charge is 2.29. The molecule has 0 aromatic rings. The lowest BCUT2D eigenvalue weighted by Crippen LogP contribution is -2.55. The molecule has 0 aliphatic rings. The first-order valence-corrected chi connectivity index (χ1v) is 8.73. The third kappa shape index (κ3) is 10.9. The number of carbonyl (C=O) groups excluding carboxylic acids is 4. The first-order valence-electron chi connectivity index (χ1n) is 8.73. The highest BCUT2D eigenvalue weighted by Crippen LogP contribution is 2.06. The van der Waals surface area contributed by atoms with Crippen molar-refractivity contribution in [3.8, 4) is 0 Å². The predicted octanol–water partition coefficient (Wildman–Crippen LogP) is -0.955. The molecular weight excluding hydrogens is 374 g/mol. The largest absolute Gasteiger partial charge is 0.481 e. The number of carboxylic acid groups (broad SMARTS) is 2. The summed E-state index contributed by atoms with van der Waals surface area (Å²) in [6, 6.07) is -3.57. The first-order chi connectivity index (χ1) is 13.0. The van der Waals surface area contributed by atoms with Crippen LogP contribution in [-0.4, -0.2) is 64.3 Å². The van der Waals surface area contributed by atoms with Crippen LogP contribution in [-0.2, 0) is 28.8 Å². The van der Waals surface area contributed by atoms with E-state index in [-0.39, 0.29) is 12.3 Å². The zero-order chi connectivity index (χ0) is 21.9. The summed E-state index contributed by atoms with van der Waals surface area (Å²) < 4.78 is 0. The maximum Gasteiger partial charge on any atom is 0.305 e. The van der Waals surface area contributed by atoms with Crippen LogP contribution in [0.15, 0.2) is 0 Å². The summed E-state index contributed by atoms with van der Waals surface area (Å²) in [5.74, 6) is -4.82. The van der Waals surface area contributed by atoms with E-state index in [2.05, 4.69) is 16.0 Å². The number of amides is 3. The highest BCUT2D eigenvalue weighted by atomic mass is 16.4. The molecule has 0 bridgehead atoms. The van der Waals surface area contributed by atoms with Crippen LogP contribution in [0.1, 0.15) is 46.5 Å². The van der Waals surface area contributed by atoms with Gasteiger partial charge in [0.15, 0.2) is 0 Å². The normalized spacial score (nSPS) is 13.7. The van der Waals surface area contributed by atoms with Crippen molar-refractivity contribution >= 4 is 35.9 Å². The van der Waals surface area contributed by atoms with E-state index in [1.54, 1.807) is 0 Å². The van der Waals surface area contributed by atoms with Crippen LogP contribution in [0.25, 0.3) is 0 Å². The molecule has 0 aromatic heterocycles. The highest BCUT2D eigenvalue weighted by molar-refractivity contribution is 5.94. The molecule has 0 spiro atoms. The number of hydrogen-bond acceptors (Lipinski definition) is 6. The van der Waals surface area contributed by atoms with Crippen molar-refractivity contribution in [3.63, 3.8) is 0 Å². The van der Waals surface area contributed by atoms with Crippen LogP contribution in [0.5, 0.6) is 0 Å². The van der Waals surface area contributed by atoms with Crippen LogP contribution in [0, 0.1) is 5.92 Å². The molecule has 11 nitrogen and oxygen atoms in total. The van der Waals surface area contributed by atoms with Gasteiger partial charge in [-0.3, -0.25) is 24.0 Å². The molecule has 0 aromatic carbocycles. The van der Waals surface area contributed by atoms with Gasteiger partial charge in [0.2, 0.25) is 17.7 Å². The van der Waals surface area contributed by atoms with E-state index in [9.17, 15) is 28.8 Å². The topological polar surface area (TPSA) is 179 Å². The Kier molecular flexibility index (Phi) is 11.1. The van der Waals surface area contributed by atoms with Crippen LogP contribution >= 0.6 is 0 Å². The molecule has 0 unspecified atom stereocenters. The second-order valence-electron chi connectivity index (χ2n) is 6.73. The molecule has 0 rings (SSSR count). The minimum atomic E-state index is -1.44. The number of hydrogen-bond donors (Lipinski definition) is 5. The molecule has 5 N–H and O–H groups in total. The van der Waals surface area contributed by atoms with Gasteiger partial charge in [-0.15, -0.1) is 0 Å². The van der Waals surface area contributed by atoms with Gasteiger partial charge >= 0.3 is 11.9 Å². The summed E-state index contributed by atoms with van der Waals surface area (Å²) in [5, 5.41) is 24.6. The van der Waals surface area contributed by atoms with Gasteiger partial charge in [-0.2, -0.15) is 0 Å². The number of nitrogens with one attached hydrogen (secondary N) is 3. The molecular formula is C17H27N3O8. The van der Waals surface area contributed by atoms with Crippen molar-refractivity contribution < 1.29 is 39.0 Å². The van der Waals surface area contributed by atoms with E-state index < -0.39 is 60.6 Å². The summed E-state index contributed by atoms with van der Waals surface area (Å²) >= 11 is 0. The zero-order valence-electron chi connectivity index (χ0n) is 16.1. The summed E-state index contributed by atoms with van der Waals surface area (Å²) in [6.45, 7) is 4.78. The van der Waals surface area contributed by atoms with Crippen LogP contribution in [0.3, 0.4) is 0 Å². The zero-order valence-corrected chi connectivity index (χ0v) is 16.1. The van der Waals surface area contributed by atoms with Gasteiger partial charge in [0, 0.05) is 13.3 Å². The van der Waals surface area contributed by atoms with Crippen LogP contribution in [0.2, 0.25) is 0 Å². The lowest BCUT2D eigenvalue weighted by Gasteiger charge is -2.23. The Morgan fingerprint density at radius 2 is 1.46 bits per heavy atom. The molecule has 3 amide bonds. The molecule has 0 heterocycles. The Labute approximate surface area is 162 Å². The Morgan fingerprint density at radius 3 is 1.89 bits per heavy atom. The number of carboxylic acids is 2. The SMILES string of the molecule is CC(=O)N[C@@H](CC(=O)O)C(=O)N[C@@H](CCC(=O)O)C(=O)N[C@H](C=O)CC(C)C. The minimum Gasteiger partial charge on any atom is -0.481 e. The third-order valence-electron chi connectivity index (χ3n) is 3.57. The lowest BCUT2D eigenvalue weighted by atomic mass is 10.0. The van der Waals surface area contributed by atoms with Gasteiger partial charge in [-0.1, -0.05) is 13.8 Å². The van der Waals surface area contributed by atoms with Crippen LogP contribution < -0.4 is 16.0 Å². The molecule has 11 heteroatoms. The fourth-order valence-electron chi connectivity index (χ4n) is 2.38. The van der Waals surface area contributed by atoms with E-state index in [1.165, 1.54) is 0 Å². The van der Waals surface area contributed by atoms with Crippen LogP contribution in [0.4, 0.5) is 0 Å². The fraction of sp³-hybridized carbons (Fsp3) is 0.647. The van der Waals surface area contributed by atoms with Crippen molar-refractivity contribution in [2.75, 3.05) is 0 Å². The number of aldehydes is 1. The maximum absolute atomic E-state index is 12.4. The van der Waals surface area contributed by atoms with Gasteiger partial charge in [-0.25, -0.2) is 0 Å². The Hall–Kier alpha value is -2.98. The van der Waals surface area contributed by atoms with Gasteiger partial charge < -0.3 is 31.0 Å². The second kappa shape index (κ2) is 12.4. The molecule has 158 valence electrons. The Bertz CT molecular complexity index is 589. The van der Waals surface area contributed by atoms with E-state index >= 15 is 0 Å². The van der Waals surface area contributed by atoms with Gasteiger partial charge in [0.25, 0.3) is 0 Å². The smallest absolute Gasteiger partial charge is 0.305 e. The first kappa shape index (κ1) is 25.0. The molecule has 0 radical (unpaired) electrons. The molecule has 0 aliphatic heterocycles. The predicted molar refractivity (Wildman–Crippen MR) is 96.1 cm³/mol. The fourth-order valence-corrected chi connectivity index (χ4v) is 2.38. The average molecular weight is 401 g/mol. The van der Waals surface area contributed by atoms with E-state index in [4.69, 9.17) is 10.2 Å². The monoisotopic (exact) mass is 401 g/mol. The van der Waals surface area contributed by atoms with E-state index in [1.807, 2.05) is 13.8 Å². The Balaban J connectivity index is 5.28. The maximum atomic E-state index is 12.4. The molecule has 3 atom stereocenters. The number of aliphatic carboxylic acids is 2. The molecule has 0 aliphatic carbocycles. The summed E-state index contributed by atoms with van der Waals surface area (Å²) in [5.41, 5.74) is 0. The van der Waals surface area contributed by atoms with Crippen molar-refractivity contribution in [1.29, 1.82) is 0 Å². The molecule has 0 saturated heterocycles. The number of carbonyl (C=O) groups is 6. The Morgan fingerprint density at radius 1 is 0.893 bits per heavy atom. The number of rotatable bonds is 13. The van der Waals surface area contributed by atoms with Crippen molar-refractivity contribution in [2.45, 2.75) is 64.6 Å². The van der Waals surface area contributed by atoms with Crippen molar-refractivity contribution in [2.24, 2.45) is 5.92 Å². The van der Waals surface area contributed by atoms with Gasteiger partial charge in [0.1, 0.15) is 18.4 Å². The molecule has 28 heavy (non-hydrogen) atoms. The minimum absolute atomic E-state index is 0.0993. The second-order valence-corrected chi connectivity index (χ2v) is 6.73. The summed E-state index contributed by atoms with van der Waals surface area (Å²) in [6.07, 6.45) is -0.554. The van der Waals surface area contributed by atoms with Gasteiger partial charge in [-0.05, 0) is 18.8 Å². The standard InChI is InChI=1S/C17H27N3O8/c1-9(2)6-11(8-21)19-16(27)12(4-5-14(23)24)20-17(28)13(7-15(25)26)18-10(3)22/h8-9,11-13H,4-7H2,1-3H3,(H,18,22)(H,19,27)(H,20,28)(H,23,24)(H,25,26)/t11-,12-,13-/m0/s1.